The maximum Gasteiger partial charge on any atom is 0.259 e. The summed E-state index contributed by atoms with van der Waals surface area (Å²) in [7, 11) is 1.81. The second-order valence-corrected chi connectivity index (χ2v) is 8.53. The van der Waals surface area contributed by atoms with Gasteiger partial charge >= 0.3 is 0 Å². The van der Waals surface area contributed by atoms with Gasteiger partial charge in [-0.1, -0.05) is 42.8 Å². The van der Waals surface area contributed by atoms with E-state index < -0.39 is 11.3 Å². The summed E-state index contributed by atoms with van der Waals surface area (Å²) in [5.74, 6) is -0.445. The molecule has 3 heterocycles. The van der Waals surface area contributed by atoms with E-state index in [0.29, 0.717) is 11.5 Å². The third-order valence-corrected chi connectivity index (χ3v) is 7.13. The summed E-state index contributed by atoms with van der Waals surface area (Å²) in [6.07, 6.45) is 3.83. The van der Waals surface area contributed by atoms with Gasteiger partial charge in [0.2, 0.25) is 5.91 Å². The van der Waals surface area contributed by atoms with Crippen LogP contribution in [0.2, 0.25) is 0 Å². The van der Waals surface area contributed by atoms with E-state index in [1.54, 1.807) is 4.90 Å². The van der Waals surface area contributed by atoms with E-state index in [2.05, 4.69) is 5.10 Å². The number of hydrazone groups is 1. The molecule has 1 saturated carbocycles. The number of rotatable bonds is 1. The Kier molecular flexibility index (Phi) is 3.58. The van der Waals surface area contributed by atoms with E-state index in [-0.39, 0.29) is 17.7 Å². The number of amidine groups is 1. The molecular formula is C24H22N4O2. The van der Waals surface area contributed by atoms with Gasteiger partial charge in [-0.15, -0.1) is 5.10 Å². The highest BCUT2D eigenvalue weighted by Crippen LogP contribution is 2.57. The standard InChI is InChI=1S/C24H22N4O2/c1-27-19-14-8-6-12-17(19)24(23(27)30)16-11-5-7-13-18(16)25-21-20(24)22(29)28(26-21)15-9-3-2-4-10-15/h2-4,6,8-10,12,14,16,20H,5,7,11,13H2,1H3. The normalized spacial score (nSPS) is 29.5. The van der Waals surface area contributed by atoms with Crippen LogP contribution in [0.3, 0.4) is 0 Å². The molecule has 6 rings (SSSR count). The first-order chi connectivity index (χ1) is 14.6. The maximum atomic E-state index is 14.0. The molecule has 3 unspecified atom stereocenters. The Labute approximate surface area is 174 Å². The second kappa shape index (κ2) is 6.11. The van der Waals surface area contributed by atoms with Gasteiger partial charge in [0.1, 0.15) is 11.3 Å². The number of hydrogen-bond acceptors (Lipinski definition) is 4. The third-order valence-electron chi connectivity index (χ3n) is 7.13. The minimum atomic E-state index is -0.956. The molecule has 6 heteroatoms. The van der Waals surface area contributed by atoms with Crippen LogP contribution in [-0.2, 0) is 15.0 Å². The predicted molar refractivity (Wildman–Crippen MR) is 116 cm³/mol. The number of aliphatic imine (C=N–C) groups is 1. The highest BCUT2D eigenvalue weighted by atomic mass is 16.2. The van der Waals surface area contributed by atoms with Crippen LogP contribution in [0.1, 0.15) is 31.2 Å². The number of benzene rings is 2. The van der Waals surface area contributed by atoms with Crippen molar-refractivity contribution in [1.82, 2.24) is 0 Å². The molecule has 6 nitrogen and oxygen atoms in total. The van der Waals surface area contributed by atoms with Gasteiger partial charge in [0.25, 0.3) is 5.91 Å². The van der Waals surface area contributed by atoms with Crippen molar-refractivity contribution in [2.24, 2.45) is 21.9 Å². The first-order valence-corrected chi connectivity index (χ1v) is 10.6. The highest BCUT2D eigenvalue weighted by molar-refractivity contribution is 6.27. The van der Waals surface area contributed by atoms with Gasteiger partial charge in [-0.2, -0.15) is 5.01 Å². The summed E-state index contributed by atoms with van der Waals surface area (Å²) in [5, 5.41) is 6.09. The molecule has 30 heavy (non-hydrogen) atoms. The molecule has 1 aliphatic carbocycles. The fraction of sp³-hybridized carbons (Fsp3) is 0.333. The highest BCUT2D eigenvalue weighted by Gasteiger charge is 2.67. The number of fused-ring (bicyclic) bond motifs is 6. The number of amides is 2. The Balaban J connectivity index is 1.61. The molecule has 4 aliphatic rings. The summed E-state index contributed by atoms with van der Waals surface area (Å²) < 4.78 is 0. The minimum absolute atomic E-state index is 0.0102. The van der Waals surface area contributed by atoms with Crippen molar-refractivity contribution in [2.45, 2.75) is 31.1 Å². The molecule has 1 spiro atoms. The average molecular weight is 398 g/mol. The molecule has 3 atom stereocenters. The predicted octanol–water partition coefficient (Wildman–Crippen LogP) is 3.52. The largest absolute Gasteiger partial charge is 0.314 e. The molecule has 2 aromatic rings. The molecule has 150 valence electrons. The Morgan fingerprint density at radius 3 is 2.60 bits per heavy atom. The summed E-state index contributed by atoms with van der Waals surface area (Å²) in [5.41, 5.74) is 2.60. The second-order valence-electron chi connectivity index (χ2n) is 8.53. The maximum absolute atomic E-state index is 14.0. The fourth-order valence-corrected chi connectivity index (χ4v) is 5.88. The van der Waals surface area contributed by atoms with Crippen molar-refractivity contribution in [2.75, 3.05) is 17.0 Å². The van der Waals surface area contributed by atoms with Crippen LogP contribution in [0.4, 0.5) is 11.4 Å². The lowest BCUT2D eigenvalue weighted by molar-refractivity contribution is -0.131. The van der Waals surface area contributed by atoms with Crippen LogP contribution in [0.5, 0.6) is 0 Å². The molecule has 0 saturated heterocycles. The molecular weight excluding hydrogens is 376 g/mol. The topological polar surface area (TPSA) is 65.3 Å². The van der Waals surface area contributed by atoms with Gasteiger partial charge in [0, 0.05) is 24.4 Å². The number of anilines is 2. The molecule has 0 aromatic heterocycles. The van der Waals surface area contributed by atoms with Gasteiger partial charge in [0.05, 0.1) is 5.69 Å². The minimum Gasteiger partial charge on any atom is -0.314 e. The van der Waals surface area contributed by atoms with Crippen molar-refractivity contribution < 1.29 is 9.59 Å². The Morgan fingerprint density at radius 2 is 1.77 bits per heavy atom. The lowest BCUT2D eigenvalue weighted by Crippen LogP contribution is -2.59. The van der Waals surface area contributed by atoms with Crippen molar-refractivity contribution in [3.05, 3.63) is 60.2 Å². The Hall–Kier alpha value is -3.28. The summed E-state index contributed by atoms with van der Waals surface area (Å²) in [4.78, 5) is 34.4. The number of para-hydroxylation sites is 2. The lowest BCUT2D eigenvalue weighted by atomic mass is 9.56. The Bertz CT molecular complexity index is 1140. The molecule has 0 N–H and O–H groups in total. The monoisotopic (exact) mass is 398 g/mol. The zero-order valence-electron chi connectivity index (χ0n) is 16.8. The van der Waals surface area contributed by atoms with E-state index in [1.165, 1.54) is 5.01 Å². The molecule has 1 fully saturated rings. The number of nitrogens with zero attached hydrogens (tertiary/aromatic N) is 4. The van der Waals surface area contributed by atoms with Gasteiger partial charge in [-0.25, -0.2) is 4.99 Å². The molecule has 2 amide bonds. The van der Waals surface area contributed by atoms with E-state index in [9.17, 15) is 9.59 Å². The number of carbonyl (C=O) groups excluding carboxylic acids is 2. The number of hydrogen-bond donors (Lipinski definition) is 0. The van der Waals surface area contributed by atoms with Gasteiger partial charge in [-0.3, -0.25) is 9.59 Å². The van der Waals surface area contributed by atoms with Crippen LogP contribution >= 0.6 is 0 Å². The van der Waals surface area contributed by atoms with Gasteiger partial charge < -0.3 is 4.90 Å². The average Bonchev–Trinajstić information content (AvgIpc) is 3.23. The summed E-state index contributed by atoms with van der Waals surface area (Å²) in [6.45, 7) is 0. The Morgan fingerprint density at radius 1 is 1.00 bits per heavy atom. The fourth-order valence-electron chi connectivity index (χ4n) is 5.88. The number of likely N-dealkylation sites (N-methyl/N-ethyl adjacent to an activating group) is 1. The molecule has 2 aromatic carbocycles. The third kappa shape index (κ3) is 2.03. The van der Waals surface area contributed by atoms with Crippen LogP contribution in [0.15, 0.2) is 64.7 Å². The smallest absolute Gasteiger partial charge is 0.259 e. The van der Waals surface area contributed by atoms with Gasteiger partial charge in [0.15, 0.2) is 5.84 Å². The van der Waals surface area contributed by atoms with Crippen LogP contribution in [0, 0.1) is 11.8 Å². The van der Waals surface area contributed by atoms with Crippen molar-refractivity contribution in [3.8, 4) is 0 Å². The zero-order chi connectivity index (χ0) is 20.5. The molecule has 3 aliphatic heterocycles. The van der Waals surface area contributed by atoms with E-state index in [0.717, 1.165) is 42.6 Å². The van der Waals surface area contributed by atoms with Crippen molar-refractivity contribution >= 4 is 34.7 Å². The van der Waals surface area contributed by atoms with Crippen molar-refractivity contribution in [1.29, 1.82) is 0 Å². The summed E-state index contributed by atoms with van der Waals surface area (Å²) >= 11 is 0. The van der Waals surface area contributed by atoms with Crippen LogP contribution in [-0.4, -0.2) is 30.4 Å². The van der Waals surface area contributed by atoms with Gasteiger partial charge in [-0.05, 0) is 43.0 Å². The van der Waals surface area contributed by atoms with Crippen LogP contribution < -0.4 is 9.91 Å². The first kappa shape index (κ1) is 17.6. The number of carbonyl (C=O) groups is 2. The van der Waals surface area contributed by atoms with E-state index in [4.69, 9.17) is 4.99 Å². The molecule has 0 radical (unpaired) electrons. The molecule has 0 bridgehead atoms. The summed E-state index contributed by atoms with van der Waals surface area (Å²) in [6, 6.07) is 17.3. The van der Waals surface area contributed by atoms with Crippen molar-refractivity contribution in [3.63, 3.8) is 0 Å². The lowest BCUT2D eigenvalue weighted by Gasteiger charge is -2.45. The zero-order valence-corrected chi connectivity index (χ0v) is 16.8. The first-order valence-electron chi connectivity index (χ1n) is 10.6. The SMILES string of the molecule is CN1C(=O)C2(c3ccccc31)C1CCCCC1=NC1=NN(c3ccccc3)C(=O)C12. The van der Waals surface area contributed by atoms with Crippen LogP contribution in [0.25, 0.3) is 0 Å². The van der Waals surface area contributed by atoms with E-state index in [1.807, 2.05) is 61.6 Å². The van der Waals surface area contributed by atoms with E-state index >= 15 is 0 Å². The quantitative estimate of drug-likeness (QED) is 0.738.